The molecule has 120 valence electrons. The lowest BCUT2D eigenvalue weighted by Crippen LogP contribution is -2.19. The first-order valence-electron chi connectivity index (χ1n) is 6.43. The van der Waals surface area contributed by atoms with Gasteiger partial charge in [-0.1, -0.05) is 0 Å². The molecule has 0 radical (unpaired) electrons. The van der Waals surface area contributed by atoms with Crippen molar-refractivity contribution in [1.29, 1.82) is 5.26 Å². The molecule has 2 aromatic carbocycles. The van der Waals surface area contributed by atoms with Gasteiger partial charge in [0, 0.05) is 11.6 Å². The molecule has 0 unspecified atom stereocenters. The van der Waals surface area contributed by atoms with Crippen LogP contribution in [0.15, 0.2) is 41.5 Å². The van der Waals surface area contributed by atoms with Crippen LogP contribution in [0, 0.1) is 27.3 Å². The first-order chi connectivity index (χ1) is 11.4. The molecule has 0 bridgehead atoms. The molecular weight excluding hydrogens is 319 g/mol. The molecule has 0 saturated heterocycles. The zero-order valence-electron chi connectivity index (χ0n) is 11.9. The van der Waals surface area contributed by atoms with E-state index in [-0.39, 0.29) is 16.7 Å². The number of hydrogen-bond donors (Lipinski definition) is 2. The summed E-state index contributed by atoms with van der Waals surface area (Å²) in [4.78, 5) is 21.7. The summed E-state index contributed by atoms with van der Waals surface area (Å²) in [5.74, 6) is -2.22. The van der Waals surface area contributed by atoms with Gasteiger partial charge in [-0.25, -0.2) is 9.82 Å². The van der Waals surface area contributed by atoms with Crippen molar-refractivity contribution in [2.45, 2.75) is 0 Å². The summed E-state index contributed by atoms with van der Waals surface area (Å²) in [6.45, 7) is 0. The third kappa shape index (κ3) is 3.69. The first-order valence-corrected chi connectivity index (χ1v) is 6.43. The van der Waals surface area contributed by atoms with Crippen molar-refractivity contribution in [3.63, 3.8) is 0 Å². The Bertz CT molecular complexity index is 890. The van der Waals surface area contributed by atoms with Crippen LogP contribution in [0.2, 0.25) is 0 Å². The zero-order valence-corrected chi connectivity index (χ0v) is 11.9. The number of carbonyl (C=O) groups is 1. The lowest BCUT2D eigenvalue weighted by molar-refractivity contribution is -0.385. The smallest absolute Gasteiger partial charge is 0.311 e. The van der Waals surface area contributed by atoms with E-state index in [0.717, 1.165) is 30.5 Å². The number of phenols is 1. The molecule has 2 rings (SSSR count). The predicted molar refractivity (Wildman–Crippen MR) is 80.9 cm³/mol. The van der Waals surface area contributed by atoms with E-state index in [2.05, 4.69) is 10.5 Å². The van der Waals surface area contributed by atoms with Gasteiger partial charge in [0.25, 0.3) is 5.91 Å². The number of hydrogen-bond acceptors (Lipinski definition) is 6. The molecule has 0 atom stereocenters. The molecule has 2 aromatic rings. The highest BCUT2D eigenvalue weighted by Crippen LogP contribution is 2.25. The predicted octanol–water partition coefficient (Wildman–Crippen LogP) is 2.08. The number of hydrazone groups is 1. The minimum atomic E-state index is -0.873. The van der Waals surface area contributed by atoms with Crippen LogP contribution in [0.1, 0.15) is 21.5 Å². The molecule has 0 aromatic heterocycles. The minimum Gasteiger partial charge on any atom is -0.502 e. The van der Waals surface area contributed by atoms with E-state index >= 15 is 0 Å². The first kappa shape index (κ1) is 16.6. The van der Waals surface area contributed by atoms with Crippen molar-refractivity contribution in [3.8, 4) is 11.8 Å². The third-order valence-electron chi connectivity index (χ3n) is 2.92. The standard InChI is InChI=1S/C15H9FN4O4/c16-12-5-9(7-17)1-3-11(12)15(22)19-18-8-10-2-4-14(21)13(6-10)20(23)24/h1-6,8,21H,(H,19,22)/b18-8+. The summed E-state index contributed by atoms with van der Waals surface area (Å²) in [6.07, 6.45) is 1.10. The number of nitro groups is 1. The Morgan fingerprint density at radius 1 is 1.38 bits per heavy atom. The highest BCUT2D eigenvalue weighted by molar-refractivity contribution is 5.95. The number of carbonyl (C=O) groups excluding carboxylic acids is 1. The molecule has 0 aliphatic carbocycles. The maximum atomic E-state index is 13.7. The van der Waals surface area contributed by atoms with Gasteiger partial charge in [0.2, 0.25) is 0 Å². The molecule has 0 aliphatic rings. The number of phenolic OH excluding ortho intramolecular Hbond substituents is 1. The molecule has 0 fully saturated rings. The Balaban J connectivity index is 2.12. The van der Waals surface area contributed by atoms with Crippen molar-refractivity contribution in [2.75, 3.05) is 0 Å². The molecule has 0 saturated carbocycles. The Kier molecular flexibility index (Phi) is 4.81. The summed E-state index contributed by atoms with van der Waals surface area (Å²) in [5, 5.41) is 32.2. The number of nitrogens with zero attached hydrogens (tertiary/aromatic N) is 3. The lowest BCUT2D eigenvalue weighted by atomic mass is 10.1. The van der Waals surface area contributed by atoms with E-state index < -0.39 is 28.1 Å². The maximum Gasteiger partial charge on any atom is 0.311 e. The van der Waals surface area contributed by atoms with Gasteiger partial charge in [-0.05, 0) is 30.3 Å². The number of rotatable bonds is 4. The van der Waals surface area contributed by atoms with Crippen LogP contribution in [0.4, 0.5) is 10.1 Å². The van der Waals surface area contributed by atoms with Crippen molar-refractivity contribution >= 4 is 17.8 Å². The zero-order chi connectivity index (χ0) is 17.7. The topological polar surface area (TPSA) is 129 Å². The van der Waals surface area contributed by atoms with Crippen LogP contribution in [0.3, 0.4) is 0 Å². The second-order valence-corrected chi connectivity index (χ2v) is 4.51. The van der Waals surface area contributed by atoms with E-state index in [0.29, 0.717) is 0 Å². The van der Waals surface area contributed by atoms with Crippen LogP contribution in [-0.4, -0.2) is 22.2 Å². The van der Waals surface area contributed by atoms with Crippen molar-refractivity contribution in [3.05, 3.63) is 69.0 Å². The Labute approximate surface area is 134 Å². The van der Waals surface area contributed by atoms with Crippen LogP contribution in [-0.2, 0) is 0 Å². The molecule has 8 nitrogen and oxygen atoms in total. The number of halogens is 1. The number of benzene rings is 2. The minimum absolute atomic E-state index is 0.0731. The van der Waals surface area contributed by atoms with Gasteiger partial charge in [-0.3, -0.25) is 14.9 Å². The number of nitriles is 1. The molecule has 24 heavy (non-hydrogen) atoms. The SMILES string of the molecule is N#Cc1ccc(C(=O)N/N=C/c2ccc(O)c([N+](=O)[O-])c2)c(F)c1. The number of nitro benzene ring substituents is 1. The Morgan fingerprint density at radius 2 is 2.12 bits per heavy atom. The number of aromatic hydroxyl groups is 1. The average molecular weight is 328 g/mol. The third-order valence-corrected chi connectivity index (χ3v) is 2.92. The molecule has 0 spiro atoms. The highest BCUT2D eigenvalue weighted by Gasteiger charge is 2.13. The Morgan fingerprint density at radius 3 is 2.75 bits per heavy atom. The van der Waals surface area contributed by atoms with Crippen LogP contribution in [0.5, 0.6) is 5.75 Å². The van der Waals surface area contributed by atoms with Crippen LogP contribution >= 0.6 is 0 Å². The van der Waals surface area contributed by atoms with Gasteiger partial charge < -0.3 is 5.11 Å². The van der Waals surface area contributed by atoms with Gasteiger partial charge >= 0.3 is 5.69 Å². The molecule has 0 heterocycles. The van der Waals surface area contributed by atoms with E-state index in [9.17, 15) is 24.4 Å². The maximum absolute atomic E-state index is 13.7. The molecule has 2 N–H and O–H groups in total. The molecule has 1 amide bonds. The quantitative estimate of drug-likeness (QED) is 0.504. The summed E-state index contributed by atoms with van der Waals surface area (Å²) >= 11 is 0. The summed E-state index contributed by atoms with van der Waals surface area (Å²) in [5.41, 5.74) is 1.57. The molecular formula is C15H9FN4O4. The fourth-order valence-corrected chi connectivity index (χ4v) is 1.76. The molecule has 0 aliphatic heterocycles. The van der Waals surface area contributed by atoms with Gasteiger partial charge in [-0.15, -0.1) is 0 Å². The Hall–Kier alpha value is -3.80. The second kappa shape index (κ2) is 6.97. The van der Waals surface area contributed by atoms with Gasteiger partial charge in [0.05, 0.1) is 28.3 Å². The molecule has 9 heteroatoms. The average Bonchev–Trinajstić information content (AvgIpc) is 2.55. The monoisotopic (exact) mass is 328 g/mol. The van der Waals surface area contributed by atoms with E-state index in [4.69, 9.17) is 5.26 Å². The van der Waals surface area contributed by atoms with E-state index in [1.165, 1.54) is 12.1 Å². The number of amides is 1. The number of nitrogens with one attached hydrogen (secondary N) is 1. The summed E-state index contributed by atoms with van der Waals surface area (Å²) in [7, 11) is 0. The fraction of sp³-hybridized carbons (Fsp3) is 0. The highest BCUT2D eigenvalue weighted by atomic mass is 19.1. The van der Waals surface area contributed by atoms with Crippen molar-refractivity contribution in [1.82, 2.24) is 5.43 Å². The van der Waals surface area contributed by atoms with Gasteiger partial charge in [0.1, 0.15) is 5.82 Å². The van der Waals surface area contributed by atoms with E-state index in [1.807, 2.05) is 0 Å². The second-order valence-electron chi connectivity index (χ2n) is 4.51. The van der Waals surface area contributed by atoms with E-state index in [1.54, 1.807) is 6.07 Å². The van der Waals surface area contributed by atoms with Crippen LogP contribution < -0.4 is 5.43 Å². The summed E-state index contributed by atoms with van der Waals surface area (Å²) in [6, 6.07) is 8.61. The van der Waals surface area contributed by atoms with Gasteiger partial charge in [0.15, 0.2) is 5.75 Å². The van der Waals surface area contributed by atoms with Crippen molar-refractivity contribution < 1.29 is 19.2 Å². The lowest BCUT2D eigenvalue weighted by Gasteiger charge is -2.02. The van der Waals surface area contributed by atoms with Crippen LogP contribution in [0.25, 0.3) is 0 Å². The van der Waals surface area contributed by atoms with Gasteiger partial charge in [-0.2, -0.15) is 10.4 Å². The van der Waals surface area contributed by atoms with Crippen molar-refractivity contribution in [2.24, 2.45) is 5.10 Å². The fourth-order valence-electron chi connectivity index (χ4n) is 1.76. The normalized spacial score (nSPS) is 10.3. The largest absolute Gasteiger partial charge is 0.502 e. The summed E-state index contributed by atoms with van der Waals surface area (Å²) < 4.78 is 13.7.